The fraction of sp³-hybridized carbons (Fsp3) is 0.632. The van der Waals surface area contributed by atoms with E-state index in [1.807, 2.05) is 0 Å². The van der Waals surface area contributed by atoms with Crippen molar-refractivity contribution in [1.29, 1.82) is 0 Å². The van der Waals surface area contributed by atoms with Gasteiger partial charge in [-0.05, 0) is 51.0 Å². The highest BCUT2D eigenvalue weighted by atomic mass is 32.2. The molecule has 1 fully saturated rings. The minimum Gasteiger partial charge on any atom is -0.481 e. The first-order valence-corrected chi connectivity index (χ1v) is 10.9. The van der Waals surface area contributed by atoms with Crippen molar-refractivity contribution in [2.24, 2.45) is 0 Å². The molecule has 0 bridgehead atoms. The standard InChI is InChI=1S/C19H30N2O5S/c1-14(13-25-3)21-27(23,24)18-11-9-17(10-12-18)26-15(2)19(22)20-16-7-5-4-6-8-16/h9-12,14-16,21H,4-8,13H2,1-3H3,(H,20,22)/t14-,15-/m0/s1. The Morgan fingerprint density at radius 1 is 1.15 bits per heavy atom. The number of benzene rings is 1. The van der Waals surface area contributed by atoms with E-state index in [0.29, 0.717) is 5.75 Å². The molecule has 0 aromatic heterocycles. The van der Waals surface area contributed by atoms with E-state index in [9.17, 15) is 13.2 Å². The van der Waals surface area contributed by atoms with E-state index in [1.165, 1.54) is 25.7 Å². The zero-order valence-corrected chi connectivity index (χ0v) is 17.1. The Bertz CT molecular complexity index is 699. The van der Waals surface area contributed by atoms with Gasteiger partial charge in [0.05, 0.1) is 11.5 Å². The van der Waals surface area contributed by atoms with Crippen LogP contribution in [0.2, 0.25) is 0 Å². The van der Waals surface area contributed by atoms with E-state index >= 15 is 0 Å². The molecule has 0 radical (unpaired) electrons. The van der Waals surface area contributed by atoms with Crippen LogP contribution in [0.25, 0.3) is 0 Å². The third-order valence-corrected chi connectivity index (χ3v) is 6.15. The van der Waals surface area contributed by atoms with Gasteiger partial charge in [0.15, 0.2) is 6.10 Å². The zero-order valence-electron chi connectivity index (χ0n) is 16.2. The van der Waals surface area contributed by atoms with Crippen LogP contribution in [0.4, 0.5) is 0 Å². The summed E-state index contributed by atoms with van der Waals surface area (Å²) in [5.74, 6) is 0.304. The van der Waals surface area contributed by atoms with Crippen LogP contribution >= 0.6 is 0 Å². The number of carbonyl (C=O) groups excluding carboxylic acids is 1. The van der Waals surface area contributed by atoms with Crippen molar-refractivity contribution in [2.75, 3.05) is 13.7 Å². The van der Waals surface area contributed by atoms with Crippen molar-refractivity contribution in [3.63, 3.8) is 0 Å². The Morgan fingerprint density at radius 3 is 2.37 bits per heavy atom. The number of amides is 1. The van der Waals surface area contributed by atoms with Crippen LogP contribution in [0.1, 0.15) is 46.0 Å². The summed E-state index contributed by atoms with van der Waals surface area (Å²) in [6.45, 7) is 3.70. The molecular formula is C19H30N2O5S. The summed E-state index contributed by atoms with van der Waals surface area (Å²) in [4.78, 5) is 12.4. The molecule has 7 nitrogen and oxygen atoms in total. The Kier molecular flexibility index (Phi) is 8.07. The van der Waals surface area contributed by atoms with Gasteiger partial charge < -0.3 is 14.8 Å². The molecule has 8 heteroatoms. The summed E-state index contributed by atoms with van der Waals surface area (Å²) in [7, 11) is -2.11. The van der Waals surface area contributed by atoms with Crippen LogP contribution in [-0.4, -0.2) is 46.2 Å². The Balaban J connectivity index is 1.91. The van der Waals surface area contributed by atoms with Crippen LogP contribution in [0, 0.1) is 0 Å². The van der Waals surface area contributed by atoms with Gasteiger partial charge in [-0.1, -0.05) is 19.3 Å². The molecule has 0 saturated heterocycles. The first-order chi connectivity index (χ1) is 12.8. The van der Waals surface area contributed by atoms with Crippen molar-refractivity contribution < 1.29 is 22.7 Å². The quantitative estimate of drug-likeness (QED) is 0.665. The van der Waals surface area contributed by atoms with Crippen LogP contribution in [0.3, 0.4) is 0 Å². The molecule has 1 aliphatic rings. The first kappa shape index (κ1) is 21.7. The molecule has 2 rings (SSSR count). The van der Waals surface area contributed by atoms with Crippen molar-refractivity contribution in [2.45, 2.75) is 69.0 Å². The van der Waals surface area contributed by atoms with Gasteiger partial charge in [0.1, 0.15) is 5.75 Å². The lowest BCUT2D eigenvalue weighted by molar-refractivity contribution is -0.128. The van der Waals surface area contributed by atoms with Crippen LogP contribution in [-0.2, 0) is 19.6 Å². The van der Waals surface area contributed by atoms with E-state index in [0.717, 1.165) is 25.7 Å². The SMILES string of the molecule is COC[C@H](C)NS(=O)(=O)c1ccc(O[C@@H](C)C(=O)NC2CCCCC2)cc1. The topological polar surface area (TPSA) is 93.7 Å². The molecule has 2 atom stereocenters. The molecule has 0 spiro atoms. The second-order valence-electron chi connectivity index (χ2n) is 7.05. The summed E-state index contributed by atoms with van der Waals surface area (Å²) in [6, 6.07) is 5.93. The number of ether oxygens (including phenoxy) is 2. The average Bonchev–Trinajstić information content (AvgIpc) is 2.62. The average molecular weight is 399 g/mol. The Morgan fingerprint density at radius 2 is 1.78 bits per heavy atom. The Labute approximate surface area is 161 Å². The largest absolute Gasteiger partial charge is 0.481 e. The van der Waals surface area contributed by atoms with E-state index < -0.39 is 16.1 Å². The van der Waals surface area contributed by atoms with E-state index in [4.69, 9.17) is 9.47 Å². The fourth-order valence-electron chi connectivity index (χ4n) is 3.14. The lowest BCUT2D eigenvalue weighted by Gasteiger charge is -2.24. The number of nitrogens with one attached hydrogen (secondary N) is 2. The van der Waals surface area contributed by atoms with Crippen LogP contribution in [0.5, 0.6) is 5.75 Å². The van der Waals surface area contributed by atoms with Gasteiger partial charge in [-0.3, -0.25) is 4.79 Å². The molecular weight excluding hydrogens is 368 g/mol. The minimum absolute atomic E-state index is 0.136. The maximum atomic E-state index is 12.3. The summed E-state index contributed by atoms with van der Waals surface area (Å²) < 4.78 is 37.8. The lowest BCUT2D eigenvalue weighted by Crippen LogP contribution is -2.43. The summed E-state index contributed by atoms with van der Waals surface area (Å²) in [6.07, 6.45) is 4.90. The third-order valence-electron chi connectivity index (χ3n) is 4.54. The van der Waals surface area contributed by atoms with E-state index in [2.05, 4.69) is 10.0 Å². The molecule has 0 heterocycles. The zero-order chi connectivity index (χ0) is 19.9. The van der Waals surface area contributed by atoms with Crippen molar-refractivity contribution >= 4 is 15.9 Å². The van der Waals surface area contributed by atoms with Gasteiger partial charge >= 0.3 is 0 Å². The lowest BCUT2D eigenvalue weighted by atomic mass is 9.95. The predicted octanol–water partition coefficient (Wildman–Crippen LogP) is 2.22. The summed E-state index contributed by atoms with van der Waals surface area (Å²) in [5.41, 5.74) is 0. The molecule has 2 N–H and O–H groups in total. The molecule has 0 unspecified atom stereocenters. The molecule has 1 aromatic carbocycles. The van der Waals surface area contributed by atoms with Gasteiger partial charge in [-0.15, -0.1) is 0 Å². The van der Waals surface area contributed by atoms with E-state index in [-0.39, 0.29) is 29.5 Å². The summed E-state index contributed by atoms with van der Waals surface area (Å²) in [5, 5.41) is 3.03. The van der Waals surface area contributed by atoms with Crippen molar-refractivity contribution in [1.82, 2.24) is 10.0 Å². The number of carbonyl (C=O) groups is 1. The van der Waals surface area contributed by atoms with Gasteiger partial charge in [0.2, 0.25) is 10.0 Å². The van der Waals surface area contributed by atoms with Crippen LogP contribution < -0.4 is 14.8 Å². The second kappa shape index (κ2) is 10.1. The monoisotopic (exact) mass is 398 g/mol. The predicted molar refractivity (Wildman–Crippen MR) is 103 cm³/mol. The molecule has 1 amide bonds. The van der Waals surface area contributed by atoms with Crippen molar-refractivity contribution in [3.05, 3.63) is 24.3 Å². The molecule has 152 valence electrons. The highest BCUT2D eigenvalue weighted by Crippen LogP contribution is 2.19. The Hall–Kier alpha value is -1.64. The fourth-order valence-corrected chi connectivity index (χ4v) is 4.37. The minimum atomic E-state index is -3.63. The van der Waals surface area contributed by atoms with Gasteiger partial charge in [0.25, 0.3) is 5.91 Å². The maximum Gasteiger partial charge on any atom is 0.260 e. The number of hydrogen-bond acceptors (Lipinski definition) is 5. The highest BCUT2D eigenvalue weighted by molar-refractivity contribution is 7.89. The third kappa shape index (κ3) is 6.79. The highest BCUT2D eigenvalue weighted by Gasteiger charge is 2.21. The molecule has 27 heavy (non-hydrogen) atoms. The maximum absolute atomic E-state index is 12.3. The van der Waals surface area contributed by atoms with Crippen molar-refractivity contribution in [3.8, 4) is 5.75 Å². The van der Waals surface area contributed by atoms with E-state index in [1.54, 1.807) is 26.0 Å². The van der Waals surface area contributed by atoms with Crippen LogP contribution in [0.15, 0.2) is 29.2 Å². The molecule has 0 aliphatic heterocycles. The van der Waals surface area contributed by atoms with Gasteiger partial charge in [-0.2, -0.15) is 0 Å². The second-order valence-corrected chi connectivity index (χ2v) is 8.77. The normalized spacial score (nSPS) is 17.9. The molecule has 1 aromatic rings. The van der Waals surface area contributed by atoms with Gasteiger partial charge in [0, 0.05) is 19.2 Å². The number of hydrogen-bond donors (Lipinski definition) is 2. The molecule has 1 saturated carbocycles. The van der Waals surface area contributed by atoms with Gasteiger partial charge in [-0.25, -0.2) is 13.1 Å². The smallest absolute Gasteiger partial charge is 0.260 e. The number of sulfonamides is 1. The number of methoxy groups -OCH3 is 1. The number of rotatable bonds is 9. The first-order valence-electron chi connectivity index (χ1n) is 9.40. The molecule has 1 aliphatic carbocycles. The summed E-state index contributed by atoms with van der Waals surface area (Å²) >= 11 is 0.